The molecule has 0 saturated carbocycles. The molecule has 0 aromatic heterocycles. The summed E-state index contributed by atoms with van der Waals surface area (Å²) in [5.41, 5.74) is -0.826. The average Bonchev–Trinajstić information content (AvgIpc) is 2.46. The van der Waals surface area contributed by atoms with E-state index in [1.165, 1.54) is 19.1 Å². The first-order valence-corrected chi connectivity index (χ1v) is 6.89. The normalized spacial score (nSPS) is 11.1. The van der Waals surface area contributed by atoms with E-state index in [1.807, 2.05) is 13.8 Å². The highest BCUT2D eigenvalue weighted by Crippen LogP contribution is 2.16. The second kappa shape index (κ2) is 7.17. The minimum atomic E-state index is -0.999. The van der Waals surface area contributed by atoms with Crippen LogP contribution in [0.5, 0.6) is 0 Å². The highest BCUT2D eigenvalue weighted by Gasteiger charge is 2.23. The van der Waals surface area contributed by atoms with Gasteiger partial charge in [0, 0.05) is 19.2 Å². The first kappa shape index (κ1) is 17.1. The molecule has 1 aromatic carbocycles. The van der Waals surface area contributed by atoms with E-state index in [-0.39, 0.29) is 18.0 Å². The molecule has 2 amide bonds. The van der Waals surface area contributed by atoms with E-state index in [0.717, 1.165) is 6.07 Å². The number of carbonyl (C=O) groups is 2. The molecule has 0 aliphatic rings. The Morgan fingerprint density at radius 3 is 2.43 bits per heavy atom. The number of nitrogens with one attached hydrogen (secondary N) is 2. The van der Waals surface area contributed by atoms with Crippen molar-refractivity contribution in [2.45, 2.75) is 39.2 Å². The molecule has 5 nitrogen and oxygen atoms in total. The van der Waals surface area contributed by atoms with E-state index in [9.17, 15) is 19.1 Å². The van der Waals surface area contributed by atoms with E-state index in [0.29, 0.717) is 18.5 Å². The SMILES string of the molecule is CCC(O)(CC)CNC(=O)c1cc(NC(C)=O)ccc1F. The molecule has 1 rings (SSSR count). The number of aliphatic hydroxyl groups is 1. The van der Waals surface area contributed by atoms with Crippen molar-refractivity contribution in [1.29, 1.82) is 0 Å². The van der Waals surface area contributed by atoms with Crippen LogP contribution in [0, 0.1) is 5.82 Å². The lowest BCUT2D eigenvalue weighted by Crippen LogP contribution is -2.42. The maximum absolute atomic E-state index is 13.7. The summed E-state index contributed by atoms with van der Waals surface area (Å²) in [5, 5.41) is 15.1. The fraction of sp³-hybridized carbons (Fsp3) is 0.467. The van der Waals surface area contributed by atoms with Crippen molar-refractivity contribution in [3.63, 3.8) is 0 Å². The van der Waals surface area contributed by atoms with Gasteiger partial charge in [-0.1, -0.05) is 13.8 Å². The molecule has 21 heavy (non-hydrogen) atoms. The molecular formula is C15H21FN2O3. The van der Waals surface area contributed by atoms with Crippen molar-refractivity contribution in [1.82, 2.24) is 5.32 Å². The lowest BCUT2D eigenvalue weighted by Gasteiger charge is -2.25. The molecule has 3 N–H and O–H groups in total. The molecule has 1 aromatic rings. The van der Waals surface area contributed by atoms with Crippen LogP contribution in [0.2, 0.25) is 0 Å². The Bertz CT molecular complexity index is 528. The Balaban J connectivity index is 2.84. The highest BCUT2D eigenvalue weighted by atomic mass is 19.1. The van der Waals surface area contributed by atoms with Crippen LogP contribution in [-0.2, 0) is 4.79 Å². The number of benzene rings is 1. The predicted molar refractivity (Wildman–Crippen MR) is 78.6 cm³/mol. The van der Waals surface area contributed by atoms with Gasteiger partial charge in [0.1, 0.15) is 5.82 Å². The van der Waals surface area contributed by atoms with Crippen LogP contribution in [0.3, 0.4) is 0 Å². The molecule has 116 valence electrons. The highest BCUT2D eigenvalue weighted by molar-refractivity contribution is 5.97. The van der Waals surface area contributed by atoms with Crippen molar-refractivity contribution in [2.24, 2.45) is 0 Å². The first-order valence-electron chi connectivity index (χ1n) is 6.89. The van der Waals surface area contributed by atoms with Gasteiger partial charge in [-0.15, -0.1) is 0 Å². The van der Waals surface area contributed by atoms with E-state index in [2.05, 4.69) is 10.6 Å². The van der Waals surface area contributed by atoms with Gasteiger partial charge in [-0.05, 0) is 31.0 Å². The molecule has 0 radical (unpaired) electrons. The van der Waals surface area contributed by atoms with E-state index >= 15 is 0 Å². The summed E-state index contributed by atoms with van der Waals surface area (Å²) in [6.07, 6.45) is 0.969. The van der Waals surface area contributed by atoms with Crippen LogP contribution in [0.25, 0.3) is 0 Å². The van der Waals surface area contributed by atoms with Gasteiger partial charge in [0.15, 0.2) is 0 Å². The number of rotatable bonds is 6. The molecule has 0 spiro atoms. The fourth-order valence-electron chi connectivity index (χ4n) is 1.82. The maximum Gasteiger partial charge on any atom is 0.254 e. The number of carbonyl (C=O) groups excluding carboxylic acids is 2. The van der Waals surface area contributed by atoms with Gasteiger partial charge in [-0.25, -0.2) is 4.39 Å². The Morgan fingerprint density at radius 1 is 1.29 bits per heavy atom. The topological polar surface area (TPSA) is 78.4 Å². The molecule has 0 unspecified atom stereocenters. The summed E-state index contributed by atoms with van der Waals surface area (Å²) < 4.78 is 13.7. The number of anilines is 1. The Labute approximate surface area is 123 Å². The molecule has 0 fully saturated rings. The summed E-state index contributed by atoms with van der Waals surface area (Å²) in [5.74, 6) is -1.61. The summed E-state index contributed by atoms with van der Waals surface area (Å²) in [6.45, 7) is 5.00. The minimum absolute atomic E-state index is 0.0443. The van der Waals surface area contributed by atoms with Gasteiger partial charge in [0.2, 0.25) is 5.91 Å². The molecule has 0 heterocycles. The minimum Gasteiger partial charge on any atom is -0.388 e. The van der Waals surface area contributed by atoms with Gasteiger partial charge in [0.05, 0.1) is 11.2 Å². The van der Waals surface area contributed by atoms with E-state index in [1.54, 1.807) is 0 Å². The summed E-state index contributed by atoms with van der Waals surface area (Å²) in [6, 6.07) is 3.76. The van der Waals surface area contributed by atoms with Crippen LogP contribution in [0.15, 0.2) is 18.2 Å². The fourth-order valence-corrected chi connectivity index (χ4v) is 1.82. The van der Waals surface area contributed by atoms with Crippen LogP contribution >= 0.6 is 0 Å². The molecule has 6 heteroatoms. The molecule has 0 aliphatic heterocycles. The lowest BCUT2D eigenvalue weighted by molar-refractivity contribution is -0.114. The van der Waals surface area contributed by atoms with Crippen molar-refractivity contribution in [3.05, 3.63) is 29.6 Å². The number of halogens is 1. The molecule has 0 atom stereocenters. The van der Waals surface area contributed by atoms with Crippen LogP contribution in [0.4, 0.5) is 10.1 Å². The van der Waals surface area contributed by atoms with Crippen LogP contribution in [0.1, 0.15) is 44.0 Å². The molecular weight excluding hydrogens is 275 g/mol. The monoisotopic (exact) mass is 296 g/mol. The molecule has 0 aliphatic carbocycles. The quantitative estimate of drug-likeness (QED) is 0.752. The van der Waals surface area contributed by atoms with Crippen molar-refractivity contribution in [3.8, 4) is 0 Å². The van der Waals surface area contributed by atoms with Gasteiger partial charge in [0.25, 0.3) is 5.91 Å². The van der Waals surface area contributed by atoms with Crippen molar-refractivity contribution < 1.29 is 19.1 Å². The zero-order chi connectivity index (χ0) is 16.0. The predicted octanol–water partition coefficient (Wildman–Crippen LogP) is 2.07. The van der Waals surface area contributed by atoms with E-state index in [4.69, 9.17) is 0 Å². The molecule has 0 saturated heterocycles. The lowest BCUT2D eigenvalue weighted by atomic mass is 9.97. The standard InChI is InChI=1S/C15H21FN2O3/c1-4-15(21,5-2)9-17-14(20)12-8-11(18-10(3)19)6-7-13(12)16/h6-8,21H,4-5,9H2,1-3H3,(H,17,20)(H,18,19). The summed E-state index contributed by atoms with van der Waals surface area (Å²) in [7, 11) is 0. The van der Waals surface area contributed by atoms with E-state index < -0.39 is 17.3 Å². The van der Waals surface area contributed by atoms with Crippen molar-refractivity contribution in [2.75, 3.05) is 11.9 Å². The van der Waals surface area contributed by atoms with Crippen molar-refractivity contribution >= 4 is 17.5 Å². The summed E-state index contributed by atoms with van der Waals surface area (Å²) >= 11 is 0. The number of hydrogen-bond acceptors (Lipinski definition) is 3. The summed E-state index contributed by atoms with van der Waals surface area (Å²) in [4.78, 5) is 23.0. The molecule has 0 bridgehead atoms. The number of hydrogen-bond donors (Lipinski definition) is 3. The van der Waals surface area contributed by atoms with Gasteiger partial charge < -0.3 is 15.7 Å². The first-order chi connectivity index (χ1) is 9.81. The van der Waals surface area contributed by atoms with Gasteiger partial charge >= 0.3 is 0 Å². The second-order valence-corrected chi connectivity index (χ2v) is 4.99. The largest absolute Gasteiger partial charge is 0.388 e. The zero-order valence-electron chi connectivity index (χ0n) is 12.5. The average molecular weight is 296 g/mol. The second-order valence-electron chi connectivity index (χ2n) is 4.99. The van der Waals surface area contributed by atoms with Crippen LogP contribution in [-0.4, -0.2) is 29.1 Å². The zero-order valence-corrected chi connectivity index (χ0v) is 12.5. The Morgan fingerprint density at radius 2 is 1.90 bits per heavy atom. The Kier molecular flexibility index (Phi) is 5.84. The third kappa shape index (κ3) is 4.82. The maximum atomic E-state index is 13.7. The smallest absolute Gasteiger partial charge is 0.254 e. The third-order valence-corrected chi connectivity index (χ3v) is 3.43. The third-order valence-electron chi connectivity index (χ3n) is 3.43. The van der Waals surface area contributed by atoms with Gasteiger partial charge in [-0.3, -0.25) is 9.59 Å². The van der Waals surface area contributed by atoms with Crippen LogP contribution < -0.4 is 10.6 Å². The van der Waals surface area contributed by atoms with Gasteiger partial charge in [-0.2, -0.15) is 0 Å². The number of amides is 2. The Hall–Kier alpha value is -1.95.